The molecule has 0 aliphatic carbocycles. The molecule has 0 aliphatic rings. The van der Waals surface area contributed by atoms with Gasteiger partial charge in [0.05, 0.1) is 10.6 Å². The summed E-state index contributed by atoms with van der Waals surface area (Å²) in [6.45, 7) is 5.78. The molecule has 0 bridgehead atoms. The number of benzene rings is 1. The summed E-state index contributed by atoms with van der Waals surface area (Å²) < 4.78 is 23.5. The van der Waals surface area contributed by atoms with Crippen LogP contribution in [-0.2, 0) is 9.05 Å². The summed E-state index contributed by atoms with van der Waals surface area (Å²) in [5.74, 6) is -0.366. The monoisotopic (exact) mass is 415 g/mol. The van der Waals surface area contributed by atoms with Gasteiger partial charge < -0.3 is 4.90 Å². The van der Waals surface area contributed by atoms with Crippen molar-refractivity contribution in [2.24, 2.45) is 0 Å². The molecule has 0 aromatic heterocycles. The highest BCUT2D eigenvalue weighted by Crippen LogP contribution is 2.33. The third kappa shape index (κ3) is 4.12. The van der Waals surface area contributed by atoms with Crippen molar-refractivity contribution in [2.45, 2.75) is 37.6 Å². The van der Waals surface area contributed by atoms with E-state index in [-0.39, 0.29) is 26.9 Å². The van der Waals surface area contributed by atoms with Gasteiger partial charge in [-0.25, -0.2) is 8.42 Å². The Bertz CT molecular complexity index is 674. The van der Waals surface area contributed by atoms with Gasteiger partial charge in [0.15, 0.2) is 0 Å². The quantitative estimate of drug-likeness (QED) is 0.687. The molecule has 8 heteroatoms. The van der Waals surface area contributed by atoms with Crippen molar-refractivity contribution in [3.8, 4) is 0 Å². The summed E-state index contributed by atoms with van der Waals surface area (Å²) >= 11 is 9.24. The van der Waals surface area contributed by atoms with Crippen molar-refractivity contribution in [3.05, 3.63) is 27.2 Å². The van der Waals surface area contributed by atoms with E-state index >= 15 is 0 Å². The largest absolute Gasteiger partial charge is 0.337 e. The number of carbonyl (C=O) groups excluding carboxylic acids is 1. The average Bonchev–Trinajstić information content (AvgIpc) is 2.38. The van der Waals surface area contributed by atoms with Crippen LogP contribution >= 0.6 is 38.2 Å². The van der Waals surface area contributed by atoms with Crippen LogP contribution in [-0.4, -0.2) is 31.8 Å². The Morgan fingerprint density at radius 1 is 1.38 bits per heavy atom. The van der Waals surface area contributed by atoms with Gasteiger partial charge in [0.2, 0.25) is 0 Å². The first-order valence-corrected chi connectivity index (χ1v) is 9.61. The van der Waals surface area contributed by atoms with E-state index in [0.29, 0.717) is 4.47 Å². The maximum Gasteiger partial charge on any atom is 0.262 e. The highest BCUT2D eigenvalue weighted by Gasteiger charge is 2.30. The molecule has 1 aromatic carbocycles. The molecule has 0 unspecified atom stereocenters. The molecule has 0 aliphatic heterocycles. The Morgan fingerprint density at radius 3 is 2.33 bits per heavy atom. The molecular weight excluding hydrogens is 401 g/mol. The number of nitrogens with zero attached hydrogens (tertiary/aromatic N) is 1. The van der Waals surface area contributed by atoms with Gasteiger partial charge in [-0.1, -0.05) is 34.5 Å². The second kappa shape index (κ2) is 6.44. The fourth-order valence-corrected chi connectivity index (χ4v) is 3.77. The Balaban J connectivity index is 3.45. The molecule has 21 heavy (non-hydrogen) atoms. The standard InChI is InChI=1S/C13H16BrCl2NO3S/c1-5-13(2,3)17(4)12(18)9-6-8(14)7-10(11(9)15)21(16,19)20/h6-7H,5H2,1-4H3. The van der Waals surface area contributed by atoms with E-state index in [9.17, 15) is 13.2 Å². The lowest BCUT2D eigenvalue weighted by Crippen LogP contribution is -2.44. The zero-order chi connectivity index (χ0) is 16.6. The van der Waals surface area contributed by atoms with Gasteiger partial charge in [-0.05, 0) is 32.4 Å². The zero-order valence-electron chi connectivity index (χ0n) is 12.1. The lowest BCUT2D eigenvalue weighted by atomic mass is 9.99. The lowest BCUT2D eigenvalue weighted by Gasteiger charge is -2.35. The molecule has 0 fully saturated rings. The van der Waals surface area contributed by atoms with Gasteiger partial charge in [0.1, 0.15) is 4.90 Å². The second-order valence-corrected chi connectivity index (χ2v) is 9.06. The molecular formula is C13H16BrCl2NO3S. The molecule has 0 saturated carbocycles. The van der Waals surface area contributed by atoms with Crippen LogP contribution in [0.3, 0.4) is 0 Å². The number of rotatable bonds is 4. The summed E-state index contributed by atoms with van der Waals surface area (Å²) in [6.07, 6.45) is 0.738. The zero-order valence-corrected chi connectivity index (χ0v) is 16.0. The molecule has 0 spiro atoms. The molecule has 0 atom stereocenters. The van der Waals surface area contributed by atoms with E-state index in [1.54, 1.807) is 7.05 Å². The minimum atomic E-state index is -4.04. The van der Waals surface area contributed by atoms with Crippen LogP contribution in [0.25, 0.3) is 0 Å². The maximum atomic E-state index is 12.6. The van der Waals surface area contributed by atoms with Crippen LogP contribution in [0.4, 0.5) is 0 Å². The van der Waals surface area contributed by atoms with Gasteiger partial charge in [-0.3, -0.25) is 4.79 Å². The predicted molar refractivity (Wildman–Crippen MR) is 88.7 cm³/mol. The number of amides is 1. The maximum absolute atomic E-state index is 12.6. The smallest absolute Gasteiger partial charge is 0.262 e. The Morgan fingerprint density at radius 2 is 1.90 bits per heavy atom. The summed E-state index contributed by atoms with van der Waals surface area (Å²) in [4.78, 5) is 13.8. The van der Waals surface area contributed by atoms with E-state index < -0.39 is 9.05 Å². The van der Waals surface area contributed by atoms with Crippen molar-refractivity contribution >= 4 is 53.2 Å². The molecule has 0 N–H and O–H groups in total. The van der Waals surface area contributed by atoms with Crippen LogP contribution in [0.2, 0.25) is 5.02 Å². The van der Waals surface area contributed by atoms with Crippen molar-refractivity contribution < 1.29 is 13.2 Å². The minimum absolute atomic E-state index is 0.0919. The van der Waals surface area contributed by atoms with E-state index in [2.05, 4.69) is 15.9 Å². The molecule has 118 valence electrons. The number of carbonyl (C=O) groups is 1. The van der Waals surface area contributed by atoms with Crippen molar-refractivity contribution in [1.82, 2.24) is 4.90 Å². The second-order valence-electron chi connectivity index (χ2n) is 5.23. The van der Waals surface area contributed by atoms with Crippen LogP contribution in [0.1, 0.15) is 37.6 Å². The van der Waals surface area contributed by atoms with Gasteiger partial charge in [-0.2, -0.15) is 0 Å². The number of halogens is 3. The van der Waals surface area contributed by atoms with Gasteiger partial charge in [0.25, 0.3) is 15.0 Å². The van der Waals surface area contributed by atoms with E-state index in [4.69, 9.17) is 22.3 Å². The number of hydrogen-bond acceptors (Lipinski definition) is 3. The first-order chi connectivity index (χ1) is 9.41. The third-order valence-corrected chi connectivity index (χ3v) is 5.90. The summed E-state index contributed by atoms with van der Waals surface area (Å²) in [5, 5.41) is -0.169. The third-order valence-electron chi connectivity index (χ3n) is 3.57. The number of hydrogen-bond donors (Lipinski definition) is 0. The summed E-state index contributed by atoms with van der Waals surface area (Å²) in [7, 11) is 2.96. The SMILES string of the molecule is CCC(C)(C)N(C)C(=O)c1cc(Br)cc(S(=O)(=O)Cl)c1Cl. The van der Waals surface area contributed by atoms with Gasteiger partial charge in [-0.15, -0.1) is 0 Å². The van der Waals surface area contributed by atoms with E-state index in [1.165, 1.54) is 17.0 Å². The first-order valence-electron chi connectivity index (χ1n) is 6.13. The van der Waals surface area contributed by atoms with Crippen LogP contribution < -0.4 is 0 Å². The topological polar surface area (TPSA) is 54.5 Å². The van der Waals surface area contributed by atoms with Crippen molar-refractivity contribution in [3.63, 3.8) is 0 Å². The summed E-state index contributed by atoms with van der Waals surface area (Å²) in [6, 6.07) is 2.75. The van der Waals surface area contributed by atoms with Crippen molar-refractivity contribution in [1.29, 1.82) is 0 Å². The molecule has 0 heterocycles. The molecule has 1 amide bonds. The average molecular weight is 417 g/mol. The summed E-state index contributed by atoms with van der Waals surface area (Å²) in [5.41, 5.74) is -0.294. The Kier molecular flexibility index (Phi) is 5.75. The predicted octanol–water partition coefficient (Wildman–Crippen LogP) is 4.29. The highest BCUT2D eigenvalue weighted by atomic mass is 79.9. The van der Waals surface area contributed by atoms with E-state index in [0.717, 1.165) is 6.42 Å². The fraction of sp³-hybridized carbons (Fsp3) is 0.462. The first kappa shape index (κ1) is 18.7. The lowest BCUT2D eigenvalue weighted by molar-refractivity contribution is 0.0620. The molecule has 0 saturated heterocycles. The van der Waals surface area contributed by atoms with E-state index in [1.807, 2.05) is 20.8 Å². The van der Waals surface area contributed by atoms with Crippen LogP contribution in [0, 0.1) is 0 Å². The fourth-order valence-electron chi connectivity index (χ4n) is 1.59. The highest BCUT2D eigenvalue weighted by molar-refractivity contribution is 9.10. The molecule has 4 nitrogen and oxygen atoms in total. The minimum Gasteiger partial charge on any atom is -0.337 e. The molecule has 1 rings (SSSR count). The Labute approximate surface area is 143 Å². The van der Waals surface area contributed by atoms with Gasteiger partial charge in [0, 0.05) is 27.7 Å². The normalized spacial score (nSPS) is 12.3. The Hall–Kier alpha value is -0.300. The van der Waals surface area contributed by atoms with Gasteiger partial charge >= 0.3 is 0 Å². The molecule has 0 radical (unpaired) electrons. The molecule has 1 aromatic rings. The van der Waals surface area contributed by atoms with Crippen LogP contribution in [0.5, 0.6) is 0 Å². The van der Waals surface area contributed by atoms with Crippen molar-refractivity contribution in [2.75, 3.05) is 7.05 Å². The van der Waals surface area contributed by atoms with Crippen LogP contribution in [0.15, 0.2) is 21.5 Å².